The van der Waals surface area contributed by atoms with Gasteiger partial charge in [-0.3, -0.25) is 4.79 Å². The van der Waals surface area contributed by atoms with Crippen molar-refractivity contribution in [3.63, 3.8) is 0 Å². The third kappa shape index (κ3) is 9.64. The molecule has 0 heterocycles. The second kappa shape index (κ2) is 13.9. The molecule has 0 saturated heterocycles. The van der Waals surface area contributed by atoms with Crippen LogP contribution in [0, 0.1) is 0 Å². The lowest BCUT2D eigenvalue weighted by atomic mass is 10.1. The lowest BCUT2D eigenvalue weighted by Crippen LogP contribution is -2.40. The van der Waals surface area contributed by atoms with Crippen molar-refractivity contribution >= 4 is 35.8 Å². The normalized spacial score (nSPS) is 12.1. The Morgan fingerprint density at radius 1 is 1.20 bits per heavy atom. The van der Waals surface area contributed by atoms with E-state index >= 15 is 0 Å². The molecule has 0 radical (unpaired) electrons. The van der Waals surface area contributed by atoms with Gasteiger partial charge in [0.2, 0.25) is 5.91 Å². The lowest BCUT2D eigenvalue weighted by molar-refractivity contribution is -0.119. The maximum atomic E-state index is 11.7. The van der Waals surface area contributed by atoms with E-state index in [2.05, 4.69) is 59.1 Å². The van der Waals surface area contributed by atoms with Crippen LogP contribution in [0.1, 0.15) is 37.9 Å². The molecule has 1 aromatic carbocycles. The van der Waals surface area contributed by atoms with Crippen LogP contribution in [0.2, 0.25) is 0 Å². The Morgan fingerprint density at radius 3 is 2.44 bits per heavy atom. The number of aliphatic imine (C=N–C) groups is 1. The summed E-state index contributed by atoms with van der Waals surface area (Å²) in [7, 11) is 1.60. The fourth-order valence-corrected chi connectivity index (χ4v) is 2.15. The third-order valence-corrected chi connectivity index (χ3v) is 3.59. The number of amides is 1. The summed E-state index contributed by atoms with van der Waals surface area (Å²) >= 11 is 0. The number of rotatable bonds is 9. The van der Waals surface area contributed by atoms with E-state index in [1.165, 1.54) is 11.1 Å². The molecule has 1 rings (SSSR count). The highest BCUT2D eigenvalue weighted by molar-refractivity contribution is 14.0. The first kappa shape index (κ1) is 23.6. The number of aryl methyl sites for hydroxylation is 1. The van der Waals surface area contributed by atoms with E-state index in [4.69, 9.17) is 4.74 Å². The summed E-state index contributed by atoms with van der Waals surface area (Å²) in [5, 5.41) is 9.24. The zero-order chi connectivity index (χ0) is 17.8. The van der Waals surface area contributed by atoms with Crippen LogP contribution < -0.4 is 16.0 Å². The summed E-state index contributed by atoms with van der Waals surface area (Å²) in [6.07, 6.45) is 1.03. The standard InChI is InChI=1S/C18H30N4O2.HI/c1-5-15-7-9-16(10-8-15)14(3)22-18(19-6-2)21-13-17(23)20-11-12-24-4;/h7-10,14H,5-6,11-13H2,1-4H3,(H,20,23)(H2,19,21,22);1H. The summed E-state index contributed by atoms with van der Waals surface area (Å²) in [6.45, 7) is 8.03. The Kier molecular flexibility index (Phi) is 13.1. The van der Waals surface area contributed by atoms with Gasteiger partial charge in [-0.15, -0.1) is 24.0 Å². The van der Waals surface area contributed by atoms with Crippen molar-refractivity contribution in [3.8, 4) is 0 Å². The highest BCUT2D eigenvalue weighted by atomic mass is 127. The quantitative estimate of drug-likeness (QED) is 0.228. The van der Waals surface area contributed by atoms with Gasteiger partial charge in [0.25, 0.3) is 0 Å². The topological polar surface area (TPSA) is 74.8 Å². The molecule has 0 fully saturated rings. The largest absolute Gasteiger partial charge is 0.383 e. The van der Waals surface area contributed by atoms with Crippen LogP contribution in [-0.2, 0) is 16.0 Å². The third-order valence-electron chi connectivity index (χ3n) is 3.59. The summed E-state index contributed by atoms with van der Waals surface area (Å²) in [6, 6.07) is 8.63. The van der Waals surface area contributed by atoms with Crippen molar-refractivity contribution in [2.45, 2.75) is 33.2 Å². The Balaban J connectivity index is 0.00000576. The van der Waals surface area contributed by atoms with Gasteiger partial charge in [0.05, 0.1) is 12.6 Å². The van der Waals surface area contributed by atoms with Gasteiger partial charge >= 0.3 is 0 Å². The van der Waals surface area contributed by atoms with Gasteiger partial charge in [-0.05, 0) is 31.4 Å². The number of halogens is 1. The predicted octanol–water partition coefficient (Wildman–Crippen LogP) is 2.25. The summed E-state index contributed by atoms with van der Waals surface area (Å²) in [5.41, 5.74) is 2.50. The molecule has 142 valence electrons. The average Bonchev–Trinajstić information content (AvgIpc) is 2.60. The molecule has 0 spiro atoms. The molecule has 0 aliphatic carbocycles. The number of hydrogen-bond donors (Lipinski definition) is 3. The molecule has 0 aromatic heterocycles. The highest BCUT2D eigenvalue weighted by Crippen LogP contribution is 2.13. The predicted molar refractivity (Wildman–Crippen MR) is 114 cm³/mol. The maximum Gasteiger partial charge on any atom is 0.241 e. The number of guanidine groups is 1. The number of nitrogens with zero attached hydrogens (tertiary/aromatic N) is 1. The Morgan fingerprint density at radius 2 is 1.88 bits per heavy atom. The van der Waals surface area contributed by atoms with Crippen molar-refractivity contribution in [2.24, 2.45) is 4.99 Å². The number of benzene rings is 1. The molecule has 0 saturated carbocycles. The van der Waals surface area contributed by atoms with Gasteiger partial charge in [0, 0.05) is 20.2 Å². The molecule has 0 aliphatic rings. The van der Waals surface area contributed by atoms with Crippen LogP contribution >= 0.6 is 24.0 Å². The van der Waals surface area contributed by atoms with Gasteiger partial charge in [0.1, 0.15) is 6.54 Å². The van der Waals surface area contributed by atoms with E-state index in [0.717, 1.165) is 13.0 Å². The zero-order valence-electron chi connectivity index (χ0n) is 15.6. The molecule has 0 bridgehead atoms. The molecule has 0 aliphatic heterocycles. The monoisotopic (exact) mass is 462 g/mol. The average molecular weight is 462 g/mol. The number of methoxy groups -OCH3 is 1. The molecule has 1 unspecified atom stereocenters. The van der Waals surface area contributed by atoms with Crippen molar-refractivity contribution in [3.05, 3.63) is 35.4 Å². The first-order valence-corrected chi connectivity index (χ1v) is 8.50. The SMILES string of the molecule is CCNC(=NCC(=O)NCCOC)NC(C)c1ccc(CC)cc1.I. The van der Waals surface area contributed by atoms with Crippen molar-refractivity contribution < 1.29 is 9.53 Å². The number of carbonyl (C=O) groups is 1. The molecule has 7 heteroatoms. The summed E-state index contributed by atoms with van der Waals surface area (Å²) in [5.74, 6) is 0.510. The van der Waals surface area contributed by atoms with Crippen LogP contribution in [0.4, 0.5) is 0 Å². The smallest absolute Gasteiger partial charge is 0.241 e. The number of hydrogen-bond acceptors (Lipinski definition) is 3. The van der Waals surface area contributed by atoms with E-state index in [9.17, 15) is 4.79 Å². The van der Waals surface area contributed by atoms with Crippen LogP contribution in [0.15, 0.2) is 29.3 Å². The highest BCUT2D eigenvalue weighted by Gasteiger charge is 2.08. The number of carbonyl (C=O) groups excluding carboxylic acids is 1. The minimum atomic E-state index is -0.121. The summed E-state index contributed by atoms with van der Waals surface area (Å²) < 4.78 is 4.90. The Bertz CT molecular complexity index is 520. The number of nitrogens with one attached hydrogen (secondary N) is 3. The summed E-state index contributed by atoms with van der Waals surface area (Å²) in [4.78, 5) is 16.1. The minimum absolute atomic E-state index is 0. The fraction of sp³-hybridized carbons (Fsp3) is 0.556. The van der Waals surface area contributed by atoms with Crippen molar-refractivity contribution in [2.75, 3.05) is 33.4 Å². The fourth-order valence-electron chi connectivity index (χ4n) is 2.15. The second-order valence-electron chi connectivity index (χ2n) is 5.50. The molecule has 3 N–H and O–H groups in total. The maximum absolute atomic E-state index is 11.7. The van der Waals surface area contributed by atoms with E-state index < -0.39 is 0 Å². The number of ether oxygens (including phenoxy) is 1. The van der Waals surface area contributed by atoms with Crippen molar-refractivity contribution in [1.82, 2.24) is 16.0 Å². The van der Waals surface area contributed by atoms with E-state index in [1.54, 1.807) is 7.11 Å². The van der Waals surface area contributed by atoms with Crippen LogP contribution in [0.25, 0.3) is 0 Å². The van der Waals surface area contributed by atoms with E-state index in [0.29, 0.717) is 19.1 Å². The molecular weight excluding hydrogens is 431 g/mol. The van der Waals surface area contributed by atoms with E-state index in [1.807, 2.05) is 6.92 Å². The first-order valence-electron chi connectivity index (χ1n) is 8.50. The molecule has 1 amide bonds. The van der Waals surface area contributed by atoms with Gasteiger partial charge in [-0.1, -0.05) is 31.2 Å². The molecule has 6 nitrogen and oxygen atoms in total. The molecular formula is C18H31IN4O2. The van der Waals surface area contributed by atoms with Gasteiger partial charge < -0.3 is 20.7 Å². The zero-order valence-corrected chi connectivity index (χ0v) is 17.9. The molecule has 1 atom stereocenters. The minimum Gasteiger partial charge on any atom is -0.383 e. The van der Waals surface area contributed by atoms with Crippen molar-refractivity contribution in [1.29, 1.82) is 0 Å². The Labute approximate surface area is 168 Å². The molecule has 25 heavy (non-hydrogen) atoms. The lowest BCUT2D eigenvalue weighted by Gasteiger charge is -2.18. The van der Waals surface area contributed by atoms with Gasteiger partial charge in [0.15, 0.2) is 5.96 Å². The van der Waals surface area contributed by atoms with Gasteiger partial charge in [-0.2, -0.15) is 0 Å². The second-order valence-corrected chi connectivity index (χ2v) is 5.50. The van der Waals surface area contributed by atoms with Crippen LogP contribution in [0.3, 0.4) is 0 Å². The van der Waals surface area contributed by atoms with Crippen LogP contribution in [0.5, 0.6) is 0 Å². The Hall–Kier alpha value is -1.35. The van der Waals surface area contributed by atoms with Crippen LogP contribution in [-0.4, -0.2) is 45.2 Å². The molecule has 1 aromatic rings. The van der Waals surface area contributed by atoms with E-state index in [-0.39, 0.29) is 42.5 Å². The van der Waals surface area contributed by atoms with Gasteiger partial charge in [-0.25, -0.2) is 4.99 Å². The first-order chi connectivity index (χ1) is 11.6.